The van der Waals surface area contributed by atoms with Crippen LogP contribution in [0, 0.1) is 5.92 Å². The summed E-state index contributed by atoms with van der Waals surface area (Å²) >= 11 is 2.05. The minimum Gasteiger partial charge on any atom is -0.307 e. The number of fused-ring (bicyclic) bond motifs is 1. The van der Waals surface area contributed by atoms with Crippen molar-refractivity contribution in [1.29, 1.82) is 0 Å². The summed E-state index contributed by atoms with van der Waals surface area (Å²) in [5, 5.41) is 3.83. The van der Waals surface area contributed by atoms with Gasteiger partial charge in [0.15, 0.2) is 0 Å². The minimum atomic E-state index is 0.545. The zero-order valence-corrected chi connectivity index (χ0v) is 13.3. The molecule has 0 aliphatic carbocycles. The molecule has 0 saturated heterocycles. The van der Waals surface area contributed by atoms with Gasteiger partial charge in [0.25, 0.3) is 0 Å². The lowest BCUT2D eigenvalue weighted by molar-refractivity contribution is 0.424. The van der Waals surface area contributed by atoms with E-state index in [1.165, 1.54) is 41.9 Å². The van der Waals surface area contributed by atoms with Crippen molar-refractivity contribution < 1.29 is 0 Å². The first kappa shape index (κ1) is 14.9. The summed E-state index contributed by atoms with van der Waals surface area (Å²) in [4.78, 5) is 0. The highest BCUT2D eigenvalue weighted by molar-refractivity contribution is 7.98. The topological polar surface area (TPSA) is 12.0 Å². The summed E-state index contributed by atoms with van der Waals surface area (Å²) in [5.41, 5.74) is 3.04. The quantitative estimate of drug-likeness (QED) is 0.803. The Hall–Kier alpha value is -0.470. The molecule has 0 amide bonds. The van der Waals surface area contributed by atoms with E-state index in [0.29, 0.717) is 12.1 Å². The van der Waals surface area contributed by atoms with Crippen LogP contribution in [0.2, 0.25) is 0 Å². The lowest BCUT2D eigenvalue weighted by Crippen LogP contribution is -2.33. The Kier molecular flexibility index (Phi) is 5.77. The fourth-order valence-electron chi connectivity index (χ4n) is 2.78. The Balaban J connectivity index is 1.86. The number of thioether (sulfide) groups is 1. The van der Waals surface area contributed by atoms with Gasteiger partial charge >= 0.3 is 0 Å². The van der Waals surface area contributed by atoms with Crippen LogP contribution in [0.15, 0.2) is 24.3 Å². The Morgan fingerprint density at radius 1 is 1.21 bits per heavy atom. The average molecular weight is 277 g/mol. The van der Waals surface area contributed by atoms with Gasteiger partial charge in [0, 0.05) is 23.6 Å². The lowest BCUT2D eigenvalue weighted by Gasteiger charge is -2.29. The smallest absolute Gasteiger partial charge is 0.0417 e. The van der Waals surface area contributed by atoms with Crippen molar-refractivity contribution in [3.8, 4) is 0 Å². The first-order valence-electron chi connectivity index (χ1n) is 7.58. The molecule has 1 aliphatic heterocycles. The molecule has 1 N–H and O–H groups in total. The van der Waals surface area contributed by atoms with Gasteiger partial charge in [0.05, 0.1) is 0 Å². The van der Waals surface area contributed by atoms with Crippen molar-refractivity contribution in [3.63, 3.8) is 0 Å². The second-order valence-electron chi connectivity index (χ2n) is 6.16. The molecule has 2 atom stereocenters. The van der Waals surface area contributed by atoms with Crippen molar-refractivity contribution in [3.05, 3.63) is 35.4 Å². The second kappa shape index (κ2) is 7.35. The minimum absolute atomic E-state index is 0.545. The van der Waals surface area contributed by atoms with Crippen LogP contribution < -0.4 is 5.32 Å². The Morgan fingerprint density at radius 3 is 2.79 bits per heavy atom. The zero-order chi connectivity index (χ0) is 13.7. The normalized spacial score (nSPS) is 20.3. The van der Waals surface area contributed by atoms with Crippen LogP contribution >= 0.6 is 11.8 Å². The van der Waals surface area contributed by atoms with Crippen molar-refractivity contribution in [2.75, 3.05) is 5.75 Å². The first-order valence-corrected chi connectivity index (χ1v) is 8.74. The van der Waals surface area contributed by atoms with Gasteiger partial charge in [-0.15, -0.1) is 0 Å². The lowest BCUT2D eigenvalue weighted by atomic mass is 9.99. The first-order chi connectivity index (χ1) is 9.16. The molecule has 0 spiro atoms. The van der Waals surface area contributed by atoms with Gasteiger partial charge in [-0.25, -0.2) is 0 Å². The van der Waals surface area contributed by atoms with E-state index in [0.717, 1.165) is 5.92 Å². The summed E-state index contributed by atoms with van der Waals surface area (Å²) in [6.45, 7) is 6.96. The van der Waals surface area contributed by atoms with Crippen molar-refractivity contribution in [2.24, 2.45) is 5.92 Å². The highest BCUT2D eigenvalue weighted by Crippen LogP contribution is 2.31. The Bertz CT molecular complexity index is 389. The van der Waals surface area contributed by atoms with Gasteiger partial charge < -0.3 is 5.32 Å². The van der Waals surface area contributed by atoms with E-state index < -0.39 is 0 Å². The van der Waals surface area contributed by atoms with E-state index in [9.17, 15) is 0 Å². The van der Waals surface area contributed by atoms with Crippen LogP contribution in [0.25, 0.3) is 0 Å². The van der Waals surface area contributed by atoms with E-state index in [1.807, 2.05) is 0 Å². The fraction of sp³-hybridized carbons (Fsp3) is 0.647. The van der Waals surface area contributed by atoms with E-state index in [4.69, 9.17) is 0 Å². The van der Waals surface area contributed by atoms with Gasteiger partial charge in [-0.3, -0.25) is 0 Å². The molecule has 0 bridgehead atoms. The van der Waals surface area contributed by atoms with Crippen LogP contribution in [0.1, 0.15) is 57.2 Å². The summed E-state index contributed by atoms with van der Waals surface area (Å²) in [6.07, 6.45) is 3.98. The molecular weight excluding hydrogens is 250 g/mol. The fourth-order valence-corrected chi connectivity index (χ4v) is 3.89. The molecule has 2 rings (SSSR count). The molecule has 1 aromatic rings. The molecule has 106 valence electrons. The standard InChI is InChI=1S/C17H27NS/c1-13(2)7-6-8-14(3)18-17-12-19-11-15-9-4-5-10-16(15)17/h4-5,9-10,13-14,17-18H,6-8,11-12H2,1-3H3. The predicted molar refractivity (Wildman–Crippen MR) is 86.6 cm³/mol. The molecule has 0 saturated carbocycles. The molecule has 0 radical (unpaired) electrons. The monoisotopic (exact) mass is 277 g/mol. The van der Waals surface area contributed by atoms with Crippen molar-refractivity contribution in [2.45, 2.75) is 57.9 Å². The van der Waals surface area contributed by atoms with Crippen LogP contribution in [0.3, 0.4) is 0 Å². The summed E-state index contributed by atoms with van der Waals surface area (Å²) in [5.74, 6) is 3.22. The summed E-state index contributed by atoms with van der Waals surface area (Å²) in [7, 11) is 0. The molecule has 1 aliphatic rings. The van der Waals surface area contributed by atoms with Gasteiger partial charge in [0.1, 0.15) is 0 Å². The van der Waals surface area contributed by atoms with E-state index >= 15 is 0 Å². The van der Waals surface area contributed by atoms with Crippen LogP contribution in [0.4, 0.5) is 0 Å². The van der Waals surface area contributed by atoms with Crippen molar-refractivity contribution >= 4 is 11.8 Å². The van der Waals surface area contributed by atoms with Crippen LogP contribution in [0.5, 0.6) is 0 Å². The number of benzene rings is 1. The van der Waals surface area contributed by atoms with Gasteiger partial charge in [-0.2, -0.15) is 11.8 Å². The maximum absolute atomic E-state index is 3.83. The molecule has 1 heterocycles. The molecule has 2 heteroatoms. The maximum Gasteiger partial charge on any atom is 0.0417 e. The maximum atomic E-state index is 3.83. The predicted octanol–water partition coefficient (Wildman–Crippen LogP) is 4.78. The molecule has 2 unspecified atom stereocenters. The number of rotatable bonds is 6. The molecular formula is C17H27NS. The molecule has 1 aromatic carbocycles. The van der Waals surface area contributed by atoms with E-state index in [-0.39, 0.29) is 0 Å². The zero-order valence-electron chi connectivity index (χ0n) is 12.5. The van der Waals surface area contributed by atoms with Gasteiger partial charge in [-0.1, -0.05) is 51.0 Å². The Labute approximate surface area is 122 Å². The second-order valence-corrected chi connectivity index (χ2v) is 7.19. The number of hydrogen-bond donors (Lipinski definition) is 1. The number of hydrogen-bond acceptors (Lipinski definition) is 2. The van der Waals surface area contributed by atoms with Crippen LogP contribution in [-0.4, -0.2) is 11.8 Å². The average Bonchev–Trinajstić information content (AvgIpc) is 2.39. The van der Waals surface area contributed by atoms with E-state index in [2.05, 4.69) is 62.1 Å². The molecule has 1 nitrogen and oxygen atoms in total. The summed E-state index contributed by atoms with van der Waals surface area (Å²) < 4.78 is 0. The SMILES string of the molecule is CC(C)CCCC(C)NC1CSCc2ccccc21. The Morgan fingerprint density at radius 2 is 2.00 bits per heavy atom. The van der Waals surface area contributed by atoms with Gasteiger partial charge in [0.2, 0.25) is 0 Å². The van der Waals surface area contributed by atoms with E-state index in [1.54, 1.807) is 0 Å². The number of nitrogens with one attached hydrogen (secondary N) is 1. The third-order valence-electron chi connectivity index (χ3n) is 3.88. The third kappa shape index (κ3) is 4.54. The summed E-state index contributed by atoms with van der Waals surface area (Å²) in [6, 6.07) is 10.1. The third-order valence-corrected chi connectivity index (χ3v) is 4.96. The van der Waals surface area contributed by atoms with Gasteiger partial charge in [-0.05, 0) is 30.4 Å². The molecule has 0 aromatic heterocycles. The highest BCUT2D eigenvalue weighted by atomic mass is 32.2. The largest absolute Gasteiger partial charge is 0.307 e. The molecule has 0 fully saturated rings. The van der Waals surface area contributed by atoms with Crippen LogP contribution in [-0.2, 0) is 5.75 Å². The van der Waals surface area contributed by atoms with Crippen molar-refractivity contribution in [1.82, 2.24) is 5.32 Å². The highest BCUT2D eigenvalue weighted by Gasteiger charge is 2.21. The molecule has 19 heavy (non-hydrogen) atoms.